The molecule has 2 rings (SSSR count). The molecule has 0 aliphatic carbocycles. The highest BCUT2D eigenvalue weighted by Crippen LogP contribution is 2.19. The van der Waals surface area contributed by atoms with Crippen molar-refractivity contribution in [3.05, 3.63) is 20.4 Å². The molecule has 4 N–H and O–H groups in total. The van der Waals surface area contributed by atoms with Gasteiger partial charge in [0.25, 0.3) is 10.9 Å². The monoisotopic (exact) mass is 470 g/mol. The van der Waals surface area contributed by atoms with Gasteiger partial charge in [0.05, 0.1) is 6.61 Å². The molecule has 1 aliphatic rings. The Kier molecular flexibility index (Phi) is 9.02. The fraction of sp³-hybridized carbons (Fsp3) is 0.650. The number of ether oxygens (including phenoxy) is 1. The molecular weight excluding hydrogens is 440 g/mol. The van der Waals surface area contributed by atoms with E-state index in [0.29, 0.717) is 6.42 Å². The Labute approximate surface area is 189 Å². The molecule has 184 valence electrons. The van der Waals surface area contributed by atoms with Crippen LogP contribution >= 0.6 is 0 Å². The van der Waals surface area contributed by atoms with Crippen LogP contribution in [0.2, 0.25) is 0 Å². The first kappa shape index (κ1) is 25.9. The summed E-state index contributed by atoms with van der Waals surface area (Å²) in [4.78, 5) is 62.0. The number of amides is 2. The summed E-state index contributed by atoms with van der Waals surface area (Å²) in [5, 5.41) is 31.5. The number of rotatable bonds is 9. The average Bonchev–Trinajstić information content (AvgIpc) is 2.84. The summed E-state index contributed by atoms with van der Waals surface area (Å²) < 4.78 is 5.13. The molecule has 1 aliphatic heterocycles. The molecule has 2 atom stereocenters. The van der Waals surface area contributed by atoms with Crippen LogP contribution in [0.4, 0.5) is 15.3 Å². The van der Waals surface area contributed by atoms with Crippen molar-refractivity contribution in [2.75, 3.05) is 51.2 Å². The van der Waals surface area contributed by atoms with E-state index in [1.165, 1.54) is 0 Å². The van der Waals surface area contributed by atoms with Gasteiger partial charge >= 0.3 is 18.2 Å². The average molecular weight is 470 g/mol. The number of anilines is 1. The van der Waals surface area contributed by atoms with Crippen molar-refractivity contribution in [1.29, 1.82) is 0 Å². The molecule has 13 nitrogen and oxygen atoms in total. The number of carboxylic acid groups (broad SMARTS) is 3. The van der Waals surface area contributed by atoms with E-state index >= 15 is 0 Å². The summed E-state index contributed by atoms with van der Waals surface area (Å²) in [6.45, 7) is 4.02. The van der Waals surface area contributed by atoms with Gasteiger partial charge in [0.15, 0.2) is 5.75 Å². The smallest absolute Gasteiger partial charge is 0.407 e. The predicted octanol–water partition coefficient (Wildman–Crippen LogP) is -0.00930. The van der Waals surface area contributed by atoms with Gasteiger partial charge in [-0.3, -0.25) is 19.3 Å². The number of carbonyl (C=O) groups is 3. The molecule has 0 aromatic heterocycles. The van der Waals surface area contributed by atoms with E-state index in [2.05, 4.69) is 5.32 Å². The minimum atomic E-state index is -1.21. The third-order valence-corrected chi connectivity index (χ3v) is 5.66. The van der Waals surface area contributed by atoms with Crippen molar-refractivity contribution in [2.45, 2.75) is 38.8 Å². The van der Waals surface area contributed by atoms with Gasteiger partial charge in [-0.2, -0.15) is 0 Å². The third-order valence-electron chi connectivity index (χ3n) is 5.66. The van der Waals surface area contributed by atoms with Gasteiger partial charge in [-0.1, -0.05) is 0 Å². The Balaban J connectivity index is 2.08. The van der Waals surface area contributed by atoms with Crippen molar-refractivity contribution in [2.24, 2.45) is 0 Å². The van der Waals surface area contributed by atoms with Crippen molar-refractivity contribution in [3.8, 4) is 5.75 Å². The SMILES string of the molecule is CCOc1c(NCCCC(C(=O)O)N2CCN(C(=O)O)CCN(C(=O)O)CC2C)c(=O)c1=O. The van der Waals surface area contributed by atoms with Crippen LogP contribution < -0.4 is 20.9 Å². The van der Waals surface area contributed by atoms with Crippen molar-refractivity contribution in [3.63, 3.8) is 0 Å². The van der Waals surface area contributed by atoms with E-state index in [4.69, 9.17) is 4.74 Å². The zero-order valence-corrected chi connectivity index (χ0v) is 18.7. The zero-order valence-electron chi connectivity index (χ0n) is 18.7. The lowest BCUT2D eigenvalue weighted by Gasteiger charge is -2.35. The molecule has 0 bridgehead atoms. The lowest BCUT2D eigenvalue weighted by Crippen LogP contribution is -2.52. The van der Waals surface area contributed by atoms with E-state index in [1.807, 2.05) is 0 Å². The van der Waals surface area contributed by atoms with Gasteiger partial charge in [-0.25, -0.2) is 9.59 Å². The molecule has 13 heteroatoms. The molecule has 0 saturated carbocycles. The van der Waals surface area contributed by atoms with Crippen LogP contribution in [0.25, 0.3) is 0 Å². The summed E-state index contributed by atoms with van der Waals surface area (Å²) in [6.07, 6.45) is -1.92. The fourth-order valence-corrected chi connectivity index (χ4v) is 3.91. The molecule has 1 heterocycles. The van der Waals surface area contributed by atoms with Crippen molar-refractivity contribution in [1.82, 2.24) is 14.7 Å². The molecule has 2 amide bonds. The number of nitrogens with one attached hydrogen (secondary N) is 1. The van der Waals surface area contributed by atoms with Gasteiger partial charge < -0.3 is 35.2 Å². The first-order valence-corrected chi connectivity index (χ1v) is 10.7. The van der Waals surface area contributed by atoms with Gasteiger partial charge in [0, 0.05) is 45.3 Å². The Morgan fingerprint density at radius 3 is 2.21 bits per heavy atom. The highest BCUT2D eigenvalue weighted by molar-refractivity contribution is 5.73. The van der Waals surface area contributed by atoms with Crippen LogP contribution in [-0.4, -0.2) is 106 Å². The summed E-state index contributed by atoms with van der Waals surface area (Å²) in [5.41, 5.74) is -1.29. The van der Waals surface area contributed by atoms with Crippen molar-refractivity contribution >= 4 is 23.8 Å². The topological polar surface area (TPSA) is 177 Å². The molecule has 1 fully saturated rings. The van der Waals surface area contributed by atoms with Crippen LogP contribution in [0.1, 0.15) is 26.7 Å². The largest absolute Gasteiger partial charge is 0.488 e. The minimum Gasteiger partial charge on any atom is -0.488 e. The number of aliphatic carboxylic acids is 1. The lowest BCUT2D eigenvalue weighted by molar-refractivity contribution is -0.144. The maximum Gasteiger partial charge on any atom is 0.407 e. The Morgan fingerprint density at radius 1 is 1.03 bits per heavy atom. The van der Waals surface area contributed by atoms with Crippen molar-refractivity contribution < 1.29 is 34.4 Å². The molecule has 0 radical (unpaired) electrons. The number of nitrogens with zero attached hydrogens (tertiary/aromatic N) is 3. The van der Waals surface area contributed by atoms with Crippen LogP contribution in [0.5, 0.6) is 5.75 Å². The molecule has 1 aromatic carbocycles. The van der Waals surface area contributed by atoms with E-state index < -0.39 is 41.1 Å². The van der Waals surface area contributed by atoms with E-state index in [-0.39, 0.29) is 63.7 Å². The quantitative estimate of drug-likeness (QED) is 0.282. The van der Waals surface area contributed by atoms with Crippen LogP contribution in [0, 0.1) is 0 Å². The highest BCUT2D eigenvalue weighted by atomic mass is 16.5. The first-order chi connectivity index (χ1) is 15.6. The molecule has 33 heavy (non-hydrogen) atoms. The normalized spacial score (nSPS) is 18.8. The maximum absolute atomic E-state index is 12.0. The second-order valence-electron chi connectivity index (χ2n) is 7.80. The molecule has 1 saturated heterocycles. The van der Waals surface area contributed by atoms with Crippen LogP contribution in [-0.2, 0) is 4.79 Å². The van der Waals surface area contributed by atoms with Crippen LogP contribution in [0.15, 0.2) is 9.59 Å². The van der Waals surface area contributed by atoms with E-state index in [9.17, 15) is 39.3 Å². The van der Waals surface area contributed by atoms with E-state index in [0.717, 1.165) is 9.80 Å². The summed E-state index contributed by atoms with van der Waals surface area (Å²) >= 11 is 0. The van der Waals surface area contributed by atoms with Gasteiger partial charge in [-0.05, 0) is 26.7 Å². The number of hydrogen-bond acceptors (Lipinski definition) is 8. The molecular formula is C20H30N4O9. The number of carboxylic acids is 1. The van der Waals surface area contributed by atoms with E-state index in [1.54, 1.807) is 18.7 Å². The lowest BCUT2D eigenvalue weighted by atomic mass is 10.1. The highest BCUT2D eigenvalue weighted by Gasteiger charge is 2.33. The summed E-state index contributed by atoms with van der Waals surface area (Å²) in [5.74, 6) is -1.14. The third kappa shape index (κ3) is 6.34. The summed E-state index contributed by atoms with van der Waals surface area (Å²) in [7, 11) is 0. The maximum atomic E-state index is 12.0. The van der Waals surface area contributed by atoms with Crippen LogP contribution in [0.3, 0.4) is 0 Å². The van der Waals surface area contributed by atoms with Gasteiger partial charge in [-0.15, -0.1) is 0 Å². The second-order valence-corrected chi connectivity index (χ2v) is 7.80. The Hall–Kier alpha value is -3.35. The first-order valence-electron chi connectivity index (χ1n) is 10.7. The number of hydrogen-bond donors (Lipinski definition) is 4. The summed E-state index contributed by atoms with van der Waals surface area (Å²) in [6, 6.07) is -1.47. The standard InChI is InChI=1S/C20H30N4O9/c1-3-33-17-14(15(25)16(17)26)21-6-4-5-13(18(27)28)24-10-9-22(19(29)30)7-8-23(20(31)32)11-12(24)2/h12-13,21H,3-11H2,1-2H3,(H,27,28)(H,29,30)(H,31,32). The predicted molar refractivity (Wildman–Crippen MR) is 117 cm³/mol. The van der Waals surface area contributed by atoms with Gasteiger partial charge in [0.1, 0.15) is 11.7 Å². The molecule has 0 spiro atoms. The minimum absolute atomic E-state index is 0.00608. The van der Waals surface area contributed by atoms with Gasteiger partial charge in [0.2, 0.25) is 0 Å². The Morgan fingerprint density at radius 2 is 1.64 bits per heavy atom. The second kappa shape index (κ2) is 11.5. The fourth-order valence-electron chi connectivity index (χ4n) is 3.91. The Bertz CT molecular complexity index is 927. The molecule has 2 unspecified atom stereocenters. The molecule has 1 aromatic rings. The zero-order chi connectivity index (χ0) is 24.7.